The van der Waals surface area contributed by atoms with Gasteiger partial charge >= 0.3 is 0 Å². The van der Waals surface area contributed by atoms with Crippen molar-refractivity contribution in [2.45, 2.75) is 13.5 Å². The van der Waals surface area contributed by atoms with Crippen molar-refractivity contribution < 1.29 is 4.74 Å². The SMILES string of the molecule is BNCCn1nc(-c2ccc(OC(/C=C\C#C)=C/C)cc2)c2cncnc21. The number of terminal acetylenes is 1. The lowest BCUT2D eigenvalue weighted by Crippen LogP contribution is -2.17. The third-order valence-corrected chi connectivity index (χ3v) is 3.98. The van der Waals surface area contributed by atoms with Crippen molar-refractivity contribution in [3.05, 3.63) is 60.8 Å². The zero-order valence-corrected chi connectivity index (χ0v) is 15.4. The molecule has 0 radical (unpaired) electrons. The van der Waals surface area contributed by atoms with Crippen molar-refractivity contribution in [1.82, 2.24) is 25.0 Å². The first-order valence-corrected chi connectivity index (χ1v) is 8.65. The Labute approximate surface area is 159 Å². The number of rotatable bonds is 7. The van der Waals surface area contributed by atoms with E-state index in [9.17, 15) is 0 Å². The summed E-state index contributed by atoms with van der Waals surface area (Å²) in [7, 11) is 1.91. The largest absolute Gasteiger partial charge is 0.458 e. The molecule has 3 aromatic rings. The van der Waals surface area contributed by atoms with Gasteiger partial charge < -0.3 is 9.96 Å². The second-order valence-electron chi connectivity index (χ2n) is 5.75. The van der Waals surface area contributed by atoms with Crippen LogP contribution in [0.15, 0.2) is 60.8 Å². The average molecular weight is 357 g/mol. The Morgan fingerprint density at radius 3 is 2.89 bits per heavy atom. The topological polar surface area (TPSA) is 64.9 Å². The molecule has 0 fully saturated rings. The second kappa shape index (κ2) is 8.83. The lowest BCUT2D eigenvalue weighted by molar-refractivity contribution is 0.443. The first kappa shape index (κ1) is 18.4. The quantitative estimate of drug-likeness (QED) is 0.304. The van der Waals surface area contributed by atoms with E-state index in [4.69, 9.17) is 16.3 Å². The number of fused-ring (bicyclic) bond motifs is 1. The van der Waals surface area contributed by atoms with Crippen LogP contribution in [0.2, 0.25) is 0 Å². The Bertz CT molecular complexity index is 1020. The van der Waals surface area contributed by atoms with E-state index in [-0.39, 0.29) is 0 Å². The van der Waals surface area contributed by atoms with Gasteiger partial charge in [-0.1, -0.05) is 5.92 Å². The molecule has 6 nitrogen and oxygen atoms in total. The number of aromatic nitrogens is 4. The third-order valence-electron chi connectivity index (χ3n) is 3.98. The number of allylic oxidation sites excluding steroid dienone is 3. The summed E-state index contributed by atoms with van der Waals surface area (Å²) in [5.41, 5.74) is 2.66. The maximum Gasteiger partial charge on any atom is 0.182 e. The average Bonchev–Trinajstić information content (AvgIpc) is 3.09. The van der Waals surface area contributed by atoms with Crippen LogP contribution < -0.4 is 9.96 Å². The van der Waals surface area contributed by atoms with Gasteiger partial charge in [0.25, 0.3) is 0 Å². The maximum atomic E-state index is 5.82. The summed E-state index contributed by atoms with van der Waals surface area (Å²) >= 11 is 0. The molecule has 1 aromatic carbocycles. The molecule has 0 aliphatic carbocycles. The molecule has 0 atom stereocenters. The molecule has 2 heterocycles. The monoisotopic (exact) mass is 357 g/mol. The smallest absolute Gasteiger partial charge is 0.182 e. The van der Waals surface area contributed by atoms with Crippen LogP contribution >= 0.6 is 0 Å². The highest BCUT2D eigenvalue weighted by Gasteiger charge is 2.13. The van der Waals surface area contributed by atoms with E-state index in [1.54, 1.807) is 24.7 Å². The molecular weight excluding hydrogens is 337 g/mol. The van der Waals surface area contributed by atoms with Crippen molar-refractivity contribution in [3.8, 4) is 29.4 Å². The van der Waals surface area contributed by atoms with Crippen LogP contribution in [0.25, 0.3) is 22.3 Å². The van der Waals surface area contributed by atoms with E-state index < -0.39 is 0 Å². The minimum Gasteiger partial charge on any atom is -0.458 e. The van der Waals surface area contributed by atoms with Crippen LogP contribution in [0.3, 0.4) is 0 Å². The molecule has 0 amide bonds. The fourth-order valence-electron chi connectivity index (χ4n) is 2.64. The highest BCUT2D eigenvalue weighted by molar-refractivity contribution is 6.04. The first-order valence-electron chi connectivity index (χ1n) is 8.65. The van der Waals surface area contributed by atoms with Gasteiger partial charge in [0.15, 0.2) is 13.6 Å². The van der Waals surface area contributed by atoms with Gasteiger partial charge in [-0.25, -0.2) is 14.6 Å². The van der Waals surface area contributed by atoms with Crippen molar-refractivity contribution >= 4 is 19.0 Å². The van der Waals surface area contributed by atoms with Crippen LogP contribution in [0, 0.1) is 12.3 Å². The molecule has 3 rings (SSSR count). The number of benzene rings is 1. The fraction of sp³-hybridized carbons (Fsp3) is 0.150. The molecule has 27 heavy (non-hydrogen) atoms. The highest BCUT2D eigenvalue weighted by atomic mass is 16.5. The van der Waals surface area contributed by atoms with E-state index in [0.29, 0.717) is 5.76 Å². The molecule has 0 aliphatic heterocycles. The van der Waals surface area contributed by atoms with Gasteiger partial charge in [0.1, 0.15) is 23.5 Å². The summed E-state index contributed by atoms with van der Waals surface area (Å²) in [6.45, 7) is 3.44. The normalized spacial score (nSPS) is 11.8. The van der Waals surface area contributed by atoms with E-state index in [1.807, 2.05) is 49.9 Å². The van der Waals surface area contributed by atoms with Gasteiger partial charge in [0, 0.05) is 18.3 Å². The van der Waals surface area contributed by atoms with Crippen molar-refractivity contribution in [2.24, 2.45) is 0 Å². The van der Waals surface area contributed by atoms with Crippen molar-refractivity contribution in [1.29, 1.82) is 0 Å². The van der Waals surface area contributed by atoms with Crippen LogP contribution in [0.1, 0.15) is 6.92 Å². The van der Waals surface area contributed by atoms with E-state index in [0.717, 1.165) is 41.1 Å². The number of ether oxygens (including phenoxy) is 1. The molecule has 0 saturated heterocycles. The molecular formula is C20H20BN5O. The predicted octanol–water partition coefficient (Wildman–Crippen LogP) is 2.10. The lowest BCUT2D eigenvalue weighted by Gasteiger charge is -2.06. The zero-order chi connectivity index (χ0) is 19.1. The number of nitrogens with one attached hydrogen (secondary N) is 1. The fourth-order valence-corrected chi connectivity index (χ4v) is 2.64. The first-order chi connectivity index (χ1) is 13.3. The molecule has 2 aromatic heterocycles. The van der Waals surface area contributed by atoms with Crippen molar-refractivity contribution in [3.63, 3.8) is 0 Å². The molecule has 0 spiro atoms. The number of hydrogen-bond donors (Lipinski definition) is 1. The predicted molar refractivity (Wildman–Crippen MR) is 110 cm³/mol. The van der Waals surface area contributed by atoms with Gasteiger partial charge in [0.2, 0.25) is 0 Å². The summed E-state index contributed by atoms with van der Waals surface area (Å²) in [6.07, 6.45) is 13.8. The zero-order valence-electron chi connectivity index (χ0n) is 15.4. The Morgan fingerprint density at radius 2 is 2.19 bits per heavy atom. The van der Waals surface area contributed by atoms with Gasteiger partial charge in [-0.3, -0.25) is 0 Å². The molecule has 0 unspecified atom stereocenters. The van der Waals surface area contributed by atoms with Crippen LogP contribution in [-0.2, 0) is 6.54 Å². The van der Waals surface area contributed by atoms with Crippen LogP contribution in [0.5, 0.6) is 5.75 Å². The lowest BCUT2D eigenvalue weighted by atomic mass is 10.1. The molecule has 1 N–H and O–H groups in total. The summed E-state index contributed by atoms with van der Waals surface area (Å²) in [5, 5.41) is 8.79. The summed E-state index contributed by atoms with van der Waals surface area (Å²) < 4.78 is 7.72. The Balaban J connectivity index is 1.89. The van der Waals surface area contributed by atoms with Crippen LogP contribution in [-0.4, -0.2) is 34.3 Å². The van der Waals surface area contributed by atoms with Gasteiger partial charge in [-0.05, 0) is 49.4 Å². The molecule has 0 bridgehead atoms. The van der Waals surface area contributed by atoms with E-state index >= 15 is 0 Å². The summed E-state index contributed by atoms with van der Waals surface area (Å²) in [6, 6.07) is 7.77. The Morgan fingerprint density at radius 1 is 1.37 bits per heavy atom. The third kappa shape index (κ3) is 4.25. The minimum atomic E-state index is 0.691. The van der Waals surface area contributed by atoms with E-state index in [2.05, 4.69) is 21.1 Å². The standard InChI is InChI=1S/C20H20BN5O/c1-3-5-6-16(4-2)27-17-9-7-15(8-10-17)19-18-13-22-14-23-20(18)26(25-19)12-11-24-21/h1,4-10,13-14,24H,11-12,21H2,2H3/b6-5-,16-4+. The van der Waals surface area contributed by atoms with E-state index in [1.165, 1.54) is 0 Å². The summed E-state index contributed by atoms with van der Waals surface area (Å²) in [4.78, 5) is 8.54. The van der Waals surface area contributed by atoms with Crippen LogP contribution in [0.4, 0.5) is 0 Å². The Kier molecular flexibility index (Phi) is 6.03. The number of hydrogen-bond acceptors (Lipinski definition) is 5. The summed E-state index contributed by atoms with van der Waals surface area (Å²) in [5.74, 6) is 3.87. The molecule has 7 heteroatoms. The Hall–Kier alpha value is -3.37. The minimum absolute atomic E-state index is 0.691. The van der Waals surface area contributed by atoms with Gasteiger partial charge in [-0.15, -0.1) is 6.42 Å². The highest BCUT2D eigenvalue weighted by Crippen LogP contribution is 2.28. The molecule has 0 aliphatic rings. The number of nitrogens with zero attached hydrogens (tertiary/aromatic N) is 4. The maximum absolute atomic E-state index is 5.82. The van der Waals surface area contributed by atoms with Gasteiger partial charge in [0.05, 0.1) is 11.9 Å². The van der Waals surface area contributed by atoms with Crippen molar-refractivity contribution in [2.75, 3.05) is 6.54 Å². The second-order valence-corrected chi connectivity index (χ2v) is 5.75. The molecule has 134 valence electrons. The molecule has 0 saturated carbocycles. The van der Waals surface area contributed by atoms with Gasteiger partial charge in [-0.2, -0.15) is 5.10 Å².